The van der Waals surface area contributed by atoms with Crippen molar-refractivity contribution in [3.8, 4) is 0 Å². The van der Waals surface area contributed by atoms with Crippen molar-refractivity contribution in [2.24, 2.45) is 0 Å². The van der Waals surface area contributed by atoms with E-state index >= 15 is 0 Å². The number of benzene rings is 2. The Morgan fingerprint density at radius 3 is 2.79 bits per heavy atom. The number of fused-ring (bicyclic) bond motifs is 1. The molecular formula is C19H24N2O3. The highest BCUT2D eigenvalue weighted by molar-refractivity contribution is 5.85. The van der Waals surface area contributed by atoms with Crippen molar-refractivity contribution >= 4 is 16.8 Å². The molecule has 0 spiro atoms. The average molecular weight is 328 g/mol. The third-order valence-electron chi connectivity index (χ3n) is 4.28. The van der Waals surface area contributed by atoms with E-state index in [-0.39, 0.29) is 18.2 Å². The second-order valence-corrected chi connectivity index (χ2v) is 6.28. The number of hydrogen-bond donors (Lipinski definition) is 1. The maximum absolute atomic E-state index is 12.0. The van der Waals surface area contributed by atoms with E-state index in [9.17, 15) is 4.79 Å². The Labute approximate surface area is 142 Å². The van der Waals surface area contributed by atoms with Crippen LogP contribution in [0.25, 0.3) is 10.8 Å². The van der Waals surface area contributed by atoms with Crippen molar-refractivity contribution in [2.45, 2.75) is 25.7 Å². The van der Waals surface area contributed by atoms with E-state index < -0.39 is 0 Å². The fourth-order valence-corrected chi connectivity index (χ4v) is 2.93. The van der Waals surface area contributed by atoms with Crippen LogP contribution in [0.15, 0.2) is 42.5 Å². The normalized spacial score (nSPS) is 16.0. The molecule has 0 radical (unpaired) electrons. The van der Waals surface area contributed by atoms with E-state index in [1.807, 2.05) is 19.1 Å². The van der Waals surface area contributed by atoms with Crippen LogP contribution in [-0.2, 0) is 16.1 Å². The Hall–Kier alpha value is -2.11. The molecule has 0 saturated carbocycles. The summed E-state index contributed by atoms with van der Waals surface area (Å²) in [6.45, 7) is 4.28. The largest absolute Gasteiger partial charge is 0.383 e. The van der Waals surface area contributed by atoms with Crippen molar-refractivity contribution in [2.75, 3.05) is 26.8 Å². The number of ether oxygens (including phenoxy) is 2. The molecule has 0 aromatic heterocycles. The summed E-state index contributed by atoms with van der Waals surface area (Å²) in [5, 5.41) is 5.35. The number of hydrogen-bond acceptors (Lipinski definition) is 3. The van der Waals surface area contributed by atoms with Crippen LogP contribution < -0.4 is 5.32 Å². The van der Waals surface area contributed by atoms with Gasteiger partial charge in [0.2, 0.25) is 0 Å². The molecule has 1 aliphatic rings. The first-order valence-corrected chi connectivity index (χ1v) is 8.30. The summed E-state index contributed by atoms with van der Waals surface area (Å²) in [6.07, 6.45) is 0.104. The number of carbonyl (C=O) groups is 1. The maximum atomic E-state index is 12.0. The Bertz CT molecular complexity index is 693. The zero-order chi connectivity index (χ0) is 16.9. The highest BCUT2D eigenvalue weighted by atomic mass is 16.5. The summed E-state index contributed by atoms with van der Waals surface area (Å²) >= 11 is 0. The lowest BCUT2D eigenvalue weighted by Crippen LogP contribution is -2.59. The number of urea groups is 1. The molecule has 24 heavy (non-hydrogen) atoms. The van der Waals surface area contributed by atoms with E-state index in [1.54, 1.807) is 12.0 Å². The molecule has 1 heterocycles. The van der Waals surface area contributed by atoms with E-state index in [2.05, 4.69) is 35.6 Å². The fraction of sp³-hybridized carbons (Fsp3) is 0.421. The molecule has 3 rings (SSSR count). The second kappa shape index (κ2) is 7.64. The average Bonchev–Trinajstić information content (AvgIpc) is 2.53. The molecule has 5 heteroatoms. The molecule has 2 aromatic rings. The Balaban J connectivity index is 1.47. The Kier molecular flexibility index (Phi) is 5.33. The highest BCUT2D eigenvalue weighted by Gasteiger charge is 2.31. The molecule has 0 bridgehead atoms. The van der Waals surface area contributed by atoms with E-state index in [0.717, 1.165) is 0 Å². The number of methoxy groups -OCH3 is 1. The number of nitrogens with zero attached hydrogens (tertiary/aromatic N) is 1. The number of carbonyl (C=O) groups excluding carboxylic acids is 1. The summed E-state index contributed by atoms with van der Waals surface area (Å²) in [4.78, 5) is 13.8. The molecular weight excluding hydrogens is 304 g/mol. The SMILES string of the molecule is COC[C@H](C)NC(=O)N1CC(OCc2cccc3ccccc23)C1. The van der Waals surface area contributed by atoms with Gasteiger partial charge >= 0.3 is 6.03 Å². The van der Waals surface area contributed by atoms with Crippen molar-refractivity contribution in [3.63, 3.8) is 0 Å². The van der Waals surface area contributed by atoms with Gasteiger partial charge in [-0.15, -0.1) is 0 Å². The lowest BCUT2D eigenvalue weighted by molar-refractivity contribution is -0.0443. The molecule has 0 aliphatic carbocycles. The van der Waals surface area contributed by atoms with Crippen LogP contribution in [0.4, 0.5) is 4.79 Å². The van der Waals surface area contributed by atoms with E-state index in [0.29, 0.717) is 26.3 Å². The van der Waals surface area contributed by atoms with Gasteiger partial charge in [-0.3, -0.25) is 0 Å². The topological polar surface area (TPSA) is 50.8 Å². The van der Waals surface area contributed by atoms with Crippen molar-refractivity contribution in [1.29, 1.82) is 0 Å². The zero-order valence-corrected chi connectivity index (χ0v) is 14.2. The Morgan fingerprint density at radius 2 is 2.00 bits per heavy atom. The summed E-state index contributed by atoms with van der Waals surface area (Å²) in [5.74, 6) is 0. The summed E-state index contributed by atoms with van der Waals surface area (Å²) < 4.78 is 11.0. The number of nitrogens with one attached hydrogen (secondary N) is 1. The van der Waals surface area contributed by atoms with Crippen LogP contribution in [0.3, 0.4) is 0 Å². The van der Waals surface area contributed by atoms with Gasteiger partial charge in [-0.1, -0.05) is 42.5 Å². The number of likely N-dealkylation sites (tertiary alicyclic amines) is 1. The molecule has 1 atom stereocenters. The minimum absolute atomic E-state index is 0.0122. The van der Waals surface area contributed by atoms with Crippen molar-refractivity contribution < 1.29 is 14.3 Å². The quantitative estimate of drug-likeness (QED) is 0.887. The standard InChI is InChI=1S/C19H24N2O3/c1-14(12-23-2)20-19(22)21-10-17(11-21)24-13-16-8-5-7-15-6-3-4-9-18(15)16/h3-9,14,17H,10-13H2,1-2H3,(H,20,22)/t14-/m0/s1. The van der Waals surface area contributed by atoms with Crippen LogP contribution >= 0.6 is 0 Å². The van der Waals surface area contributed by atoms with Gasteiger partial charge in [0.25, 0.3) is 0 Å². The molecule has 1 aliphatic heterocycles. The lowest BCUT2D eigenvalue weighted by Gasteiger charge is -2.39. The number of amides is 2. The Morgan fingerprint density at radius 1 is 1.25 bits per heavy atom. The summed E-state index contributed by atoms with van der Waals surface area (Å²) in [7, 11) is 1.63. The van der Waals surface area contributed by atoms with Gasteiger partial charge in [-0.2, -0.15) is 0 Å². The van der Waals surface area contributed by atoms with Gasteiger partial charge in [0, 0.05) is 7.11 Å². The lowest BCUT2D eigenvalue weighted by atomic mass is 10.1. The summed E-state index contributed by atoms with van der Waals surface area (Å²) in [5.41, 5.74) is 1.18. The summed E-state index contributed by atoms with van der Waals surface area (Å²) in [6, 6.07) is 14.5. The van der Waals surface area contributed by atoms with Gasteiger partial charge in [-0.05, 0) is 23.3 Å². The minimum atomic E-state index is -0.0513. The molecule has 1 fully saturated rings. The molecule has 128 valence electrons. The molecule has 1 saturated heterocycles. The molecule has 2 aromatic carbocycles. The first kappa shape index (κ1) is 16.7. The van der Waals surface area contributed by atoms with Crippen LogP contribution in [0, 0.1) is 0 Å². The molecule has 0 unspecified atom stereocenters. The first-order chi connectivity index (χ1) is 11.7. The van der Waals surface area contributed by atoms with Crippen LogP contribution in [0.2, 0.25) is 0 Å². The zero-order valence-electron chi connectivity index (χ0n) is 14.2. The molecule has 5 nitrogen and oxygen atoms in total. The predicted molar refractivity (Wildman–Crippen MR) is 94.0 cm³/mol. The molecule has 1 N–H and O–H groups in total. The van der Waals surface area contributed by atoms with Gasteiger partial charge in [0.05, 0.1) is 38.4 Å². The second-order valence-electron chi connectivity index (χ2n) is 6.28. The minimum Gasteiger partial charge on any atom is -0.383 e. The van der Waals surface area contributed by atoms with Crippen LogP contribution in [0.5, 0.6) is 0 Å². The van der Waals surface area contributed by atoms with E-state index in [1.165, 1.54) is 16.3 Å². The predicted octanol–water partition coefficient (Wildman–Crippen LogP) is 2.79. The smallest absolute Gasteiger partial charge is 0.317 e. The number of rotatable bonds is 6. The monoisotopic (exact) mass is 328 g/mol. The van der Waals surface area contributed by atoms with Crippen LogP contribution in [-0.4, -0.2) is 49.9 Å². The highest BCUT2D eigenvalue weighted by Crippen LogP contribution is 2.21. The van der Waals surface area contributed by atoms with Gasteiger partial charge in [-0.25, -0.2) is 4.79 Å². The van der Waals surface area contributed by atoms with E-state index in [4.69, 9.17) is 9.47 Å². The third-order valence-corrected chi connectivity index (χ3v) is 4.28. The van der Waals surface area contributed by atoms with Crippen LogP contribution in [0.1, 0.15) is 12.5 Å². The first-order valence-electron chi connectivity index (χ1n) is 8.30. The van der Waals surface area contributed by atoms with Gasteiger partial charge in [0.1, 0.15) is 0 Å². The third kappa shape index (κ3) is 3.86. The molecule has 2 amide bonds. The fourth-order valence-electron chi connectivity index (χ4n) is 2.93. The van der Waals surface area contributed by atoms with Gasteiger partial charge < -0.3 is 19.7 Å². The van der Waals surface area contributed by atoms with Crippen molar-refractivity contribution in [1.82, 2.24) is 10.2 Å². The van der Waals surface area contributed by atoms with Gasteiger partial charge in [0.15, 0.2) is 0 Å². The van der Waals surface area contributed by atoms with Crippen molar-refractivity contribution in [3.05, 3.63) is 48.0 Å². The maximum Gasteiger partial charge on any atom is 0.317 e.